The fourth-order valence-corrected chi connectivity index (χ4v) is 9.30. The molecule has 0 saturated carbocycles. The molecule has 1 heterocycles. The Morgan fingerprint density at radius 3 is 1.24 bits per heavy atom. The van der Waals surface area contributed by atoms with Gasteiger partial charge in [-0.05, 0) is 116 Å². The molecule has 0 amide bonds. The molecular formula is C71H116O12. The molecule has 0 aromatic carbocycles. The highest BCUT2D eigenvalue weighted by Crippen LogP contribution is 2.26. The van der Waals surface area contributed by atoms with Crippen LogP contribution in [0.3, 0.4) is 0 Å². The monoisotopic (exact) mass is 1160 g/mol. The molecule has 83 heavy (non-hydrogen) atoms. The number of carbonyl (C=O) groups excluding carboxylic acids is 3. The zero-order valence-electron chi connectivity index (χ0n) is 52.2. The lowest BCUT2D eigenvalue weighted by Gasteiger charge is -2.40. The molecule has 472 valence electrons. The molecule has 1 aliphatic heterocycles. The first-order valence-electron chi connectivity index (χ1n) is 32.9. The number of hydrogen-bond donors (Lipinski definition) is 3. The van der Waals surface area contributed by atoms with Crippen LogP contribution in [0, 0.1) is 0 Å². The van der Waals surface area contributed by atoms with Crippen molar-refractivity contribution in [2.45, 2.75) is 302 Å². The van der Waals surface area contributed by atoms with E-state index < -0.39 is 67.3 Å². The van der Waals surface area contributed by atoms with Crippen molar-refractivity contribution in [1.82, 2.24) is 0 Å². The molecule has 1 rings (SSSR count). The maximum Gasteiger partial charge on any atom is 0.335 e. The van der Waals surface area contributed by atoms with Gasteiger partial charge in [0, 0.05) is 19.3 Å². The predicted octanol–water partition coefficient (Wildman–Crippen LogP) is 17.8. The van der Waals surface area contributed by atoms with E-state index in [1.54, 1.807) is 0 Å². The number of rotatable bonds is 55. The van der Waals surface area contributed by atoms with E-state index in [9.17, 15) is 34.5 Å². The largest absolute Gasteiger partial charge is 0.479 e. The Kier molecular flexibility index (Phi) is 53.2. The third-order valence-corrected chi connectivity index (χ3v) is 14.3. The molecule has 0 aromatic rings. The number of carboxylic acid groups (broad SMARTS) is 1. The second-order valence-electron chi connectivity index (χ2n) is 22.0. The van der Waals surface area contributed by atoms with Gasteiger partial charge in [0.2, 0.25) is 0 Å². The van der Waals surface area contributed by atoms with E-state index in [1.165, 1.54) is 89.9 Å². The number of aliphatic hydroxyl groups excluding tert-OH is 2. The number of unbranched alkanes of at least 4 members (excludes halogenated alkanes) is 23. The minimum Gasteiger partial charge on any atom is -0.479 e. The summed E-state index contributed by atoms with van der Waals surface area (Å²) in [5.74, 6) is -3.25. The SMILES string of the molecule is CC/C=C\C/C=C\C/C=C\C/C=C\C/C=C\C/C=C\CCC(=O)OCC(COC1OC(C(=O)O)C(O)C(O)C1OC(=O)CCCCCCC/C=C\CCCCCCCC)OC(=O)CCCCCCCCCCC/C=C\C/C=C\CCCCC. The van der Waals surface area contributed by atoms with Gasteiger partial charge in [-0.25, -0.2) is 4.79 Å². The molecule has 6 unspecified atom stereocenters. The van der Waals surface area contributed by atoms with Crippen molar-refractivity contribution in [3.05, 3.63) is 109 Å². The number of allylic oxidation sites excluding steroid dienone is 18. The van der Waals surface area contributed by atoms with Gasteiger partial charge >= 0.3 is 23.9 Å². The van der Waals surface area contributed by atoms with Gasteiger partial charge in [0.05, 0.1) is 6.61 Å². The van der Waals surface area contributed by atoms with Crippen molar-refractivity contribution in [2.75, 3.05) is 13.2 Å². The number of carbonyl (C=O) groups is 4. The second kappa shape index (κ2) is 57.8. The molecule has 0 aromatic heterocycles. The van der Waals surface area contributed by atoms with Gasteiger partial charge in [0.15, 0.2) is 24.6 Å². The summed E-state index contributed by atoms with van der Waals surface area (Å²) in [5.41, 5.74) is 0. The average Bonchev–Trinajstić information content (AvgIpc) is 3.58. The smallest absolute Gasteiger partial charge is 0.335 e. The van der Waals surface area contributed by atoms with Crippen LogP contribution in [-0.2, 0) is 42.9 Å². The van der Waals surface area contributed by atoms with Crippen molar-refractivity contribution < 1.29 is 58.2 Å². The van der Waals surface area contributed by atoms with Crippen LogP contribution in [0.2, 0.25) is 0 Å². The summed E-state index contributed by atoms with van der Waals surface area (Å²) < 4.78 is 28.4. The molecule has 1 saturated heterocycles. The van der Waals surface area contributed by atoms with Crippen LogP contribution in [-0.4, -0.2) is 89.2 Å². The van der Waals surface area contributed by atoms with Gasteiger partial charge in [-0.3, -0.25) is 14.4 Å². The predicted molar refractivity (Wildman–Crippen MR) is 340 cm³/mol. The highest BCUT2D eigenvalue weighted by Gasteiger charge is 2.50. The molecule has 1 fully saturated rings. The Balaban J connectivity index is 2.72. The summed E-state index contributed by atoms with van der Waals surface area (Å²) in [7, 11) is 0. The number of hydrogen-bond acceptors (Lipinski definition) is 11. The van der Waals surface area contributed by atoms with Crippen LogP contribution in [0.1, 0.15) is 265 Å². The Hall–Kier alpha value is -4.62. The second-order valence-corrected chi connectivity index (χ2v) is 22.0. The van der Waals surface area contributed by atoms with Gasteiger partial charge < -0.3 is 39.0 Å². The van der Waals surface area contributed by atoms with Gasteiger partial charge in [-0.15, -0.1) is 0 Å². The lowest BCUT2D eigenvalue weighted by atomic mass is 9.98. The highest BCUT2D eigenvalue weighted by molar-refractivity contribution is 5.74. The summed E-state index contributed by atoms with van der Waals surface area (Å²) in [4.78, 5) is 51.3. The lowest BCUT2D eigenvalue weighted by Crippen LogP contribution is -2.61. The van der Waals surface area contributed by atoms with Crippen LogP contribution in [0.4, 0.5) is 0 Å². The number of aliphatic carboxylic acids is 1. The van der Waals surface area contributed by atoms with Crippen LogP contribution in [0.25, 0.3) is 0 Å². The molecule has 6 atom stereocenters. The average molecular weight is 1160 g/mol. The van der Waals surface area contributed by atoms with Gasteiger partial charge in [0.25, 0.3) is 0 Å². The first-order chi connectivity index (χ1) is 40.6. The van der Waals surface area contributed by atoms with Gasteiger partial charge in [0.1, 0.15) is 18.8 Å². The maximum absolute atomic E-state index is 13.2. The summed E-state index contributed by atoms with van der Waals surface area (Å²) in [6, 6.07) is 0. The van der Waals surface area contributed by atoms with Crippen molar-refractivity contribution in [3.63, 3.8) is 0 Å². The fourth-order valence-electron chi connectivity index (χ4n) is 9.30. The number of ether oxygens (including phenoxy) is 5. The summed E-state index contributed by atoms with van der Waals surface area (Å²) >= 11 is 0. The topological polar surface area (TPSA) is 175 Å². The van der Waals surface area contributed by atoms with Crippen molar-refractivity contribution in [3.8, 4) is 0 Å². The molecular weight excluding hydrogens is 1040 g/mol. The summed E-state index contributed by atoms with van der Waals surface area (Å²) in [6.07, 6.45) is 66.3. The molecule has 12 nitrogen and oxygen atoms in total. The lowest BCUT2D eigenvalue weighted by molar-refractivity contribution is -0.301. The van der Waals surface area contributed by atoms with E-state index in [0.29, 0.717) is 19.3 Å². The van der Waals surface area contributed by atoms with Crippen molar-refractivity contribution in [1.29, 1.82) is 0 Å². The minimum atomic E-state index is -1.92. The van der Waals surface area contributed by atoms with Crippen molar-refractivity contribution in [2.24, 2.45) is 0 Å². The Labute approximate surface area is 504 Å². The normalized spacial score (nSPS) is 18.3. The molecule has 12 heteroatoms. The summed E-state index contributed by atoms with van der Waals surface area (Å²) in [5, 5.41) is 31.6. The minimum absolute atomic E-state index is 0.0389. The zero-order valence-corrected chi connectivity index (χ0v) is 52.2. The molecule has 0 radical (unpaired) electrons. The van der Waals surface area contributed by atoms with E-state index in [4.69, 9.17) is 23.7 Å². The van der Waals surface area contributed by atoms with Gasteiger partial charge in [-0.2, -0.15) is 0 Å². The van der Waals surface area contributed by atoms with Crippen molar-refractivity contribution >= 4 is 23.9 Å². The third kappa shape index (κ3) is 47.3. The Morgan fingerprint density at radius 2 is 0.783 bits per heavy atom. The first-order valence-corrected chi connectivity index (χ1v) is 32.9. The molecule has 1 aliphatic rings. The van der Waals surface area contributed by atoms with E-state index in [2.05, 4.69) is 118 Å². The standard InChI is InChI=1S/C71H116O12/c1-4-7-10-13-16-19-22-25-28-30-32-34-37-39-42-45-48-51-54-57-63(72)79-60-62(81-64(73)58-55-52-49-46-43-41-38-35-33-31-29-26-23-20-17-14-11-8-5-2)61-80-71-69(67(76)66(75)68(83-71)70(77)78)82-65(74)59-56-53-50-47-44-40-36-27-24-21-18-15-12-9-6-3/h7,10,16-17,19-20,25-29,32,34,36,39,42,48,51,62,66-69,71,75-76H,4-6,8-9,11-15,18,21-24,30-31,33,35,37-38,40-41,43-47,49-50,52-61H2,1-3H3,(H,77,78)/b10-7-,19-16-,20-17-,28-25-,29-26-,34-32-,36-27-,42-39-,51-48-. The zero-order chi connectivity index (χ0) is 60.3. The molecule has 3 N–H and O–H groups in total. The number of esters is 3. The van der Waals surface area contributed by atoms with Crippen LogP contribution < -0.4 is 0 Å². The summed E-state index contributed by atoms with van der Waals surface area (Å²) in [6.45, 7) is 5.80. The quantitative estimate of drug-likeness (QED) is 0.0228. The Bertz CT molecular complexity index is 1860. The van der Waals surface area contributed by atoms with E-state index in [0.717, 1.165) is 116 Å². The van der Waals surface area contributed by atoms with Crippen LogP contribution >= 0.6 is 0 Å². The van der Waals surface area contributed by atoms with Gasteiger partial charge in [-0.1, -0.05) is 239 Å². The Morgan fingerprint density at radius 1 is 0.410 bits per heavy atom. The first kappa shape index (κ1) is 76.4. The fraction of sp³-hybridized carbons (Fsp3) is 0.690. The van der Waals surface area contributed by atoms with E-state index in [-0.39, 0.29) is 25.9 Å². The highest BCUT2D eigenvalue weighted by atomic mass is 16.7. The van der Waals surface area contributed by atoms with Crippen LogP contribution in [0.5, 0.6) is 0 Å². The van der Waals surface area contributed by atoms with Crippen LogP contribution in [0.15, 0.2) is 109 Å². The molecule has 0 aliphatic carbocycles. The number of aliphatic hydroxyl groups is 2. The van der Waals surface area contributed by atoms with E-state index >= 15 is 0 Å². The van der Waals surface area contributed by atoms with E-state index in [1.807, 2.05) is 12.2 Å². The molecule has 0 bridgehead atoms. The maximum atomic E-state index is 13.2. The third-order valence-electron chi connectivity index (χ3n) is 14.3. The molecule has 0 spiro atoms. The number of carboxylic acids is 1.